The number of hydrogen-bond donors (Lipinski definition) is 1. The normalized spacial score (nSPS) is 15.1. The number of anilines is 1. The minimum Gasteiger partial charge on any atom is -0.387 e. The van der Waals surface area contributed by atoms with Crippen LogP contribution in [0.5, 0.6) is 0 Å². The Labute approximate surface area is 117 Å². The maximum atomic E-state index is 12.5. The van der Waals surface area contributed by atoms with Gasteiger partial charge in [-0.25, -0.2) is 0 Å². The molecule has 0 saturated heterocycles. The average molecular weight is 277 g/mol. The first-order valence-corrected chi connectivity index (χ1v) is 6.78. The van der Waals surface area contributed by atoms with Crippen LogP contribution in [0.1, 0.15) is 36.0 Å². The molecule has 0 unspecified atom stereocenters. The lowest BCUT2D eigenvalue weighted by Gasteiger charge is -2.25. The Hall–Kier alpha value is -2.11. The zero-order valence-corrected chi connectivity index (χ0v) is 11.8. The first kappa shape index (κ1) is 14.3. The van der Waals surface area contributed by atoms with Crippen molar-refractivity contribution in [3.8, 4) is 0 Å². The van der Waals surface area contributed by atoms with Gasteiger partial charge in [0.1, 0.15) is 0 Å². The van der Waals surface area contributed by atoms with Gasteiger partial charge in [-0.2, -0.15) is 0 Å². The summed E-state index contributed by atoms with van der Waals surface area (Å²) in [5.74, 6) is -0.162. The van der Waals surface area contributed by atoms with Gasteiger partial charge in [0.15, 0.2) is 0 Å². The number of non-ortho nitro benzene ring substituents is 1. The molecule has 0 aromatic heterocycles. The lowest BCUT2D eigenvalue weighted by Crippen LogP contribution is -2.35. The summed E-state index contributed by atoms with van der Waals surface area (Å²) in [5.41, 5.74) is 0.911. The molecule has 0 radical (unpaired) electrons. The summed E-state index contributed by atoms with van der Waals surface area (Å²) in [4.78, 5) is 24.6. The van der Waals surface area contributed by atoms with E-state index in [9.17, 15) is 14.9 Å². The first-order valence-electron chi connectivity index (χ1n) is 6.78. The fraction of sp³-hybridized carbons (Fsp3) is 0.500. The minimum atomic E-state index is -0.480. The number of hydrogen-bond acceptors (Lipinski definition) is 4. The number of rotatable bonds is 4. The zero-order valence-electron chi connectivity index (χ0n) is 11.8. The highest BCUT2D eigenvalue weighted by atomic mass is 16.6. The van der Waals surface area contributed by atoms with Crippen LogP contribution in [0.3, 0.4) is 0 Å². The molecule has 6 heteroatoms. The Morgan fingerprint density at radius 3 is 2.60 bits per heavy atom. The Balaban J connectivity index is 2.31. The third-order valence-electron chi connectivity index (χ3n) is 3.91. The molecule has 6 nitrogen and oxygen atoms in total. The van der Waals surface area contributed by atoms with Crippen LogP contribution in [0.4, 0.5) is 11.4 Å². The molecule has 1 aromatic rings. The minimum absolute atomic E-state index is 0.0628. The molecule has 1 N–H and O–H groups in total. The lowest BCUT2D eigenvalue weighted by atomic mass is 10.1. The van der Waals surface area contributed by atoms with Crippen LogP contribution in [0.2, 0.25) is 0 Å². The van der Waals surface area contributed by atoms with Crippen molar-refractivity contribution in [2.45, 2.75) is 31.7 Å². The topological polar surface area (TPSA) is 75.5 Å². The summed E-state index contributed by atoms with van der Waals surface area (Å²) >= 11 is 0. The van der Waals surface area contributed by atoms with Crippen LogP contribution in [-0.4, -0.2) is 35.9 Å². The van der Waals surface area contributed by atoms with E-state index in [0.717, 1.165) is 25.7 Å². The second kappa shape index (κ2) is 5.90. The van der Waals surface area contributed by atoms with Crippen LogP contribution < -0.4 is 5.32 Å². The van der Waals surface area contributed by atoms with Gasteiger partial charge in [0.25, 0.3) is 11.6 Å². The highest BCUT2D eigenvalue weighted by molar-refractivity contribution is 6.00. The quantitative estimate of drug-likeness (QED) is 0.678. The molecule has 1 aromatic carbocycles. The number of carbonyl (C=O) groups excluding carboxylic acids is 1. The first-order chi connectivity index (χ1) is 9.54. The SMILES string of the molecule is CNc1ccc([N+](=O)[O-])cc1C(=O)N(C)C1CCCC1. The predicted octanol–water partition coefficient (Wildman–Crippen LogP) is 2.65. The molecule has 1 aliphatic rings. The second-order valence-corrected chi connectivity index (χ2v) is 5.09. The highest BCUT2D eigenvalue weighted by Gasteiger charge is 2.26. The van der Waals surface area contributed by atoms with E-state index in [1.807, 2.05) is 0 Å². The number of nitro benzene ring substituents is 1. The van der Waals surface area contributed by atoms with E-state index in [1.165, 1.54) is 12.1 Å². The molecule has 0 heterocycles. The van der Waals surface area contributed by atoms with Crippen molar-refractivity contribution in [3.63, 3.8) is 0 Å². The van der Waals surface area contributed by atoms with Crippen LogP contribution in [0, 0.1) is 10.1 Å². The van der Waals surface area contributed by atoms with Crippen LogP contribution in [0.15, 0.2) is 18.2 Å². The van der Waals surface area contributed by atoms with E-state index in [1.54, 1.807) is 25.1 Å². The number of amides is 1. The summed E-state index contributed by atoms with van der Waals surface area (Å²) in [6.07, 6.45) is 4.28. The van der Waals surface area contributed by atoms with E-state index < -0.39 is 4.92 Å². The number of nitro groups is 1. The van der Waals surface area contributed by atoms with Crippen LogP contribution in [-0.2, 0) is 0 Å². The molecule has 0 aliphatic heterocycles. The molecule has 108 valence electrons. The Kier molecular flexibility index (Phi) is 4.22. The Morgan fingerprint density at radius 2 is 2.05 bits per heavy atom. The van der Waals surface area contributed by atoms with Gasteiger partial charge < -0.3 is 10.2 Å². The van der Waals surface area contributed by atoms with Gasteiger partial charge in [0, 0.05) is 38.0 Å². The van der Waals surface area contributed by atoms with Gasteiger partial charge in [-0.05, 0) is 18.9 Å². The Morgan fingerprint density at radius 1 is 1.40 bits per heavy atom. The van der Waals surface area contributed by atoms with Crippen molar-refractivity contribution in [1.29, 1.82) is 0 Å². The molecule has 0 bridgehead atoms. The molecular formula is C14H19N3O3. The van der Waals surface area contributed by atoms with E-state index in [4.69, 9.17) is 0 Å². The van der Waals surface area contributed by atoms with Crippen LogP contribution in [0.25, 0.3) is 0 Å². The summed E-state index contributed by atoms with van der Waals surface area (Å²) < 4.78 is 0. The monoisotopic (exact) mass is 277 g/mol. The van der Waals surface area contributed by atoms with Gasteiger partial charge in [-0.3, -0.25) is 14.9 Å². The molecule has 1 fully saturated rings. The smallest absolute Gasteiger partial charge is 0.270 e. The van der Waals surface area contributed by atoms with Crippen molar-refractivity contribution in [2.24, 2.45) is 0 Å². The van der Waals surface area contributed by atoms with E-state index in [0.29, 0.717) is 11.3 Å². The fourth-order valence-electron chi connectivity index (χ4n) is 2.69. The second-order valence-electron chi connectivity index (χ2n) is 5.09. The third kappa shape index (κ3) is 2.74. The van der Waals surface area contributed by atoms with Gasteiger partial charge in [-0.1, -0.05) is 12.8 Å². The van der Waals surface area contributed by atoms with Crippen molar-refractivity contribution in [1.82, 2.24) is 4.90 Å². The summed E-state index contributed by atoms with van der Waals surface area (Å²) in [6, 6.07) is 4.57. The van der Waals surface area contributed by atoms with E-state index in [-0.39, 0.29) is 17.6 Å². The molecule has 2 rings (SSSR count). The fourth-order valence-corrected chi connectivity index (χ4v) is 2.69. The summed E-state index contributed by atoms with van der Waals surface area (Å²) in [5, 5.41) is 13.8. The van der Waals surface area contributed by atoms with E-state index >= 15 is 0 Å². The zero-order chi connectivity index (χ0) is 14.7. The predicted molar refractivity (Wildman–Crippen MR) is 77.0 cm³/mol. The summed E-state index contributed by atoms with van der Waals surface area (Å²) in [7, 11) is 3.48. The standard InChI is InChI=1S/C14H19N3O3/c1-15-13-8-7-11(17(19)20)9-12(13)14(18)16(2)10-5-3-4-6-10/h7-10,15H,3-6H2,1-2H3. The largest absolute Gasteiger partial charge is 0.387 e. The van der Waals surface area contributed by atoms with Crippen molar-refractivity contribution >= 4 is 17.3 Å². The molecule has 20 heavy (non-hydrogen) atoms. The van der Waals surface area contributed by atoms with Gasteiger partial charge >= 0.3 is 0 Å². The molecule has 0 spiro atoms. The van der Waals surface area contributed by atoms with Crippen molar-refractivity contribution in [3.05, 3.63) is 33.9 Å². The molecule has 1 saturated carbocycles. The number of benzene rings is 1. The van der Waals surface area contributed by atoms with Gasteiger partial charge in [-0.15, -0.1) is 0 Å². The highest BCUT2D eigenvalue weighted by Crippen LogP contribution is 2.27. The Bertz CT molecular complexity index is 524. The molecule has 1 aliphatic carbocycles. The maximum Gasteiger partial charge on any atom is 0.270 e. The molecule has 1 amide bonds. The van der Waals surface area contributed by atoms with Crippen LogP contribution >= 0.6 is 0 Å². The van der Waals surface area contributed by atoms with Crippen molar-refractivity contribution < 1.29 is 9.72 Å². The number of nitrogens with one attached hydrogen (secondary N) is 1. The number of carbonyl (C=O) groups is 1. The molecule has 0 atom stereocenters. The maximum absolute atomic E-state index is 12.5. The number of nitrogens with zero attached hydrogens (tertiary/aromatic N) is 2. The van der Waals surface area contributed by atoms with Crippen molar-refractivity contribution in [2.75, 3.05) is 19.4 Å². The summed E-state index contributed by atoms with van der Waals surface area (Å²) in [6.45, 7) is 0. The lowest BCUT2D eigenvalue weighted by molar-refractivity contribution is -0.384. The van der Waals surface area contributed by atoms with E-state index in [2.05, 4.69) is 5.32 Å². The van der Waals surface area contributed by atoms with Gasteiger partial charge in [0.05, 0.1) is 10.5 Å². The third-order valence-corrected chi connectivity index (χ3v) is 3.91. The molecular weight excluding hydrogens is 258 g/mol. The average Bonchev–Trinajstić information content (AvgIpc) is 2.99. The van der Waals surface area contributed by atoms with Gasteiger partial charge in [0.2, 0.25) is 0 Å².